The van der Waals surface area contributed by atoms with E-state index in [1.165, 1.54) is 37.5 Å². The second-order valence-corrected chi connectivity index (χ2v) is 10.7. The van der Waals surface area contributed by atoms with Crippen LogP contribution in [-0.2, 0) is 32.5 Å². The number of hydrogen-bond donors (Lipinski definition) is 0. The summed E-state index contributed by atoms with van der Waals surface area (Å²) >= 11 is 0. The number of sulfonamides is 1. The number of amides is 1. The summed E-state index contributed by atoms with van der Waals surface area (Å²) < 4.78 is 49.2. The van der Waals surface area contributed by atoms with Crippen LogP contribution < -0.4 is 9.47 Å². The fourth-order valence-electron chi connectivity index (χ4n) is 3.99. The van der Waals surface area contributed by atoms with Crippen molar-refractivity contribution in [3.63, 3.8) is 0 Å². The highest BCUT2D eigenvalue weighted by molar-refractivity contribution is 7.89. The predicted octanol–water partition coefficient (Wildman–Crippen LogP) is 3.50. The monoisotopic (exact) mass is 575 g/mol. The van der Waals surface area contributed by atoms with Gasteiger partial charge >= 0.3 is 0 Å². The number of carbonyl (C=O) groups is 1. The Balaban J connectivity index is 1.83. The van der Waals surface area contributed by atoms with E-state index in [-0.39, 0.29) is 36.8 Å². The van der Waals surface area contributed by atoms with Gasteiger partial charge in [-0.3, -0.25) is 14.9 Å². The lowest BCUT2D eigenvalue weighted by Gasteiger charge is -2.27. The highest BCUT2D eigenvalue weighted by Gasteiger charge is 2.29. The number of nitro benzene ring substituents is 1. The minimum atomic E-state index is -4.14. The van der Waals surface area contributed by atoms with Crippen molar-refractivity contribution in [3.05, 3.63) is 82.3 Å². The molecule has 0 radical (unpaired) electrons. The van der Waals surface area contributed by atoms with Crippen LogP contribution in [0.1, 0.15) is 17.7 Å². The van der Waals surface area contributed by atoms with Crippen molar-refractivity contribution in [1.29, 1.82) is 0 Å². The number of rotatable bonds is 16. The van der Waals surface area contributed by atoms with Gasteiger partial charge in [-0.15, -0.1) is 0 Å². The molecule has 1 aromatic heterocycles. The molecule has 0 N–H and O–H groups in total. The molecule has 3 aromatic rings. The number of nitro groups is 1. The number of non-ortho nitro benzene ring substituents is 1. The van der Waals surface area contributed by atoms with Crippen molar-refractivity contribution in [2.24, 2.45) is 0 Å². The van der Waals surface area contributed by atoms with E-state index in [2.05, 4.69) is 0 Å². The molecule has 1 heterocycles. The van der Waals surface area contributed by atoms with E-state index in [9.17, 15) is 23.3 Å². The summed E-state index contributed by atoms with van der Waals surface area (Å²) in [5.41, 5.74) is 0.658. The van der Waals surface area contributed by atoms with Crippen LogP contribution in [-0.4, -0.2) is 76.0 Å². The molecule has 0 aliphatic carbocycles. The minimum Gasteiger partial charge on any atom is -0.493 e. The Bertz CT molecular complexity index is 1360. The minimum absolute atomic E-state index is 0.0170. The Morgan fingerprint density at radius 2 is 1.73 bits per heavy atom. The SMILES string of the molecule is COCCCN(CC(=O)N(CCc1ccc(OC)c(OC)c1)Cc1ccco1)S(=O)(=O)c1ccc([N+](=O)[O-])cc1. The summed E-state index contributed by atoms with van der Waals surface area (Å²) in [7, 11) is 0.441. The maximum atomic E-state index is 13.6. The lowest BCUT2D eigenvalue weighted by atomic mass is 10.1. The van der Waals surface area contributed by atoms with E-state index in [0.29, 0.717) is 30.1 Å². The maximum absolute atomic E-state index is 13.6. The summed E-state index contributed by atoms with van der Waals surface area (Å²) in [6, 6.07) is 13.5. The molecule has 12 nitrogen and oxygen atoms in total. The van der Waals surface area contributed by atoms with Gasteiger partial charge in [-0.05, 0) is 54.8 Å². The van der Waals surface area contributed by atoms with E-state index in [1.54, 1.807) is 25.3 Å². The maximum Gasteiger partial charge on any atom is 0.269 e. The number of methoxy groups -OCH3 is 3. The summed E-state index contributed by atoms with van der Waals surface area (Å²) in [5.74, 6) is 1.25. The van der Waals surface area contributed by atoms with Crippen LogP contribution in [0.15, 0.2) is 70.2 Å². The van der Waals surface area contributed by atoms with Gasteiger partial charge in [-0.1, -0.05) is 6.07 Å². The molecule has 1 amide bonds. The van der Waals surface area contributed by atoms with Crippen LogP contribution in [0, 0.1) is 10.1 Å². The van der Waals surface area contributed by atoms with Crippen LogP contribution in [0.4, 0.5) is 5.69 Å². The molecular weight excluding hydrogens is 542 g/mol. The molecule has 216 valence electrons. The molecule has 0 unspecified atom stereocenters. The van der Waals surface area contributed by atoms with Crippen molar-refractivity contribution < 1.29 is 36.8 Å². The number of furan rings is 1. The zero-order valence-corrected chi connectivity index (χ0v) is 23.5. The fraction of sp³-hybridized carbons (Fsp3) is 0.370. The summed E-state index contributed by atoms with van der Waals surface area (Å²) in [5, 5.41) is 11.0. The summed E-state index contributed by atoms with van der Waals surface area (Å²) in [6.45, 7) is 0.288. The largest absolute Gasteiger partial charge is 0.493 e. The number of ether oxygens (including phenoxy) is 3. The quantitative estimate of drug-likeness (QED) is 0.142. The van der Waals surface area contributed by atoms with Crippen LogP contribution in [0.25, 0.3) is 0 Å². The van der Waals surface area contributed by atoms with Gasteiger partial charge in [0.2, 0.25) is 15.9 Å². The highest BCUT2D eigenvalue weighted by Crippen LogP contribution is 2.28. The average Bonchev–Trinajstić information content (AvgIpc) is 3.47. The van der Waals surface area contributed by atoms with Crippen molar-refractivity contribution in [1.82, 2.24) is 9.21 Å². The molecule has 40 heavy (non-hydrogen) atoms. The Morgan fingerprint density at radius 1 is 1.00 bits per heavy atom. The van der Waals surface area contributed by atoms with Gasteiger partial charge in [0.1, 0.15) is 5.76 Å². The number of nitrogens with zero attached hydrogens (tertiary/aromatic N) is 3. The first kappa shape index (κ1) is 30.6. The third-order valence-electron chi connectivity index (χ3n) is 6.15. The molecular formula is C27H33N3O9S. The van der Waals surface area contributed by atoms with E-state index >= 15 is 0 Å². The van der Waals surface area contributed by atoms with E-state index in [4.69, 9.17) is 18.6 Å². The molecule has 0 fully saturated rings. The fourth-order valence-corrected chi connectivity index (χ4v) is 5.42. The molecule has 0 bridgehead atoms. The van der Waals surface area contributed by atoms with E-state index in [1.807, 2.05) is 12.1 Å². The third kappa shape index (κ3) is 8.04. The molecule has 0 saturated heterocycles. The molecule has 2 aromatic carbocycles. The Labute approximate surface area is 233 Å². The van der Waals surface area contributed by atoms with Gasteiger partial charge in [0.05, 0.1) is 43.4 Å². The summed E-state index contributed by atoms with van der Waals surface area (Å²) in [6.07, 6.45) is 2.31. The lowest BCUT2D eigenvalue weighted by molar-refractivity contribution is -0.384. The van der Waals surface area contributed by atoms with E-state index in [0.717, 1.165) is 22.0 Å². The summed E-state index contributed by atoms with van der Waals surface area (Å²) in [4.78, 5) is 25.4. The second-order valence-electron chi connectivity index (χ2n) is 8.77. The first-order chi connectivity index (χ1) is 19.2. The van der Waals surface area contributed by atoms with Crippen LogP contribution >= 0.6 is 0 Å². The molecule has 0 atom stereocenters. The first-order valence-electron chi connectivity index (χ1n) is 12.4. The number of hydrogen-bond acceptors (Lipinski definition) is 9. The highest BCUT2D eigenvalue weighted by atomic mass is 32.2. The van der Waals surface area contributed by atoms with Crippen molar-refractivity contribution >= 4 is 21.6 Å². The normalized spacial score (nSPS) is 11.4. The molecule has 0 aliphatic rings. The zero-order chi connectivity index (χ0) is 29.1. The molecule has 3 rings (SSSR count). The van der Waals surface area contributed by atoms with Gasteiger partial charge in [0.15, 0.2) is 11.5 Å². The van der Waals surface area contributed by atoms with Gasteiger partial charge in [0, 0.05) is 38.9 Å². The first-order valence-corrected chi connectivity index (χ1v) is 13.9. The average molecular weight is 576 g/mol. The number of benzene rings is 2. The zero-order valence-electron chi connectivity index (χ0n) is 22.6. The van der Waals surface area contributed by atoms with Crippen molar-refractivity contribution in [2.75, 3.05) is 47.6 Å². The molecule has 0 spiro atoms. The molecule has 0 saturated carbocycles. The van der Waals surface area contributed by atoms with Crippen LogP contribution in [0.3, 0.4) is 0 Å². The van der Waals surface area contributed by atoms with E-state index < -0.39 is 27.4 Å². The Hall–Kier alpha value is -3.94. The second kappa shape index (κ2) is 14.4. The molecule has 13 heteroatoms. The smallest absolute Gasteiger partial charge is 0.269 e. The van der Waals surface area contributed by atoms with Crippen LogP contribution in [0.2, 0.25) is 0 Å². The van der Waals surface area contributed by atoms with Crippen molar-refractivity contribution in [3.8, 4) is 11.5 Å². The third-order valence-corrected chi connectivity index (χ3v) is 8.01. The molecule has 0 aliphatic heterocycles. The Kier molecular flexibility index (Phi) is 11.1. The van der Waals surface area contributed by atoms with Gasteiger partial charge in [-0.25, -0.2) is 8.42 Å². The lowest BCUT2D eigenvalue weighted by Crippen LogP contribution is -2.43. The van der Waals surface area contributed by atoms with Gasteiger partial charge < -0.3 is 23.5 Å². The standard InChI is InChI=1S/C27H33N3O9S/c1-36-16-5-14-29(40(34,35)24-10-8-22(9-11-24)30(32)33)20-27(31)28(19-23-6-4-17-39-23)15-13-21-7-12-25(37-2)26(18-21)38-3/h4,6-12,17-18H,5,13-16,19-20H2,1-3H3. The van der Waals surface area contributed by atoms with Gasteiger partial charge in [-0.2, -0.15) is 4.31 Å². The van der Waals surface area contributed by atoms with Crippen molar-refractivity contribution in [2.45, 2.75) is 24.3 Å². The van der Waals surface area contributed by atoms with Gasteiger partial charge in [0.25, 0.3) is 5.69 Å². The number of carbonyl (C=O) groups excluding carboxylic acids is 1. The van der Waals surface area contributed by atoms with Crippen LogP contribution in [0.5, 0.6) is 11.5 Å². The topological polar surface area (TPSA) is 142 Å². The Morgan fingerprint density at radius 3 is 2.33 bits per heavy atom. The predicted molar refractivity (Wildman–Crippen MR) is 146 cm³/mol.